The predicted octanol–water partition coefficient (Wildman–Crippen LogP) is 0.208. The van der Waals surface area contributed by atoms with Crippen LogP contribution in [0.1, 0.15) is 40.0 Å². The highest BCUT2D eigenvalue weighted by atomic mass is 16.4. The van der Waals surface area contributed by atoms with Crippen LogP contribution in [0.3, 0.4) is 0 Å². The molecule has 0 atom stereocenters. The van der Waals surface area contributed by atoms with Crippen LogP contribution in [0.2, 0.25) is 0 Å². The molecule has 0 aliphatic heterocycles. The zero-order valence-electron chi connectivity index (χ0n) is 11.5. The van der Waals surface area contributed by atoms with Crippen molar-refractivity contribution in [3.05, 3.63) is 0 Å². The van der Waals surface area contributed by atoms with E-state index in [2.05, 4.69) is 16.0 Å². The number of aliphatic carboxylic acids is 1. The predicted molar refractivity (Wildman–Crippen MR) is 68.6 cm³/mol. The van der Waals surface area contributed by atoms with Crippen molar-refractivity contribution >= 4 is 17.9 Å². The maximum absolute atomic E-state index is 11.6. The van der Waals surface area contributed by atoms with Gasteiger partial charge in [-0.1, -0.05) is 0 Å². The molecule has 0 bridgehead atoms. The fourth-order valence-corrected chi connectivity index (χ4v) is 1.81. The third-order valence-electron chi connectivity index (χ3n) is 2.89. The standard InChI is InChI=1S/C12H21N3O4/c1-11(2,3)14-8(16)7-13-10(19)15-12(9(17)18)5-4-6-12/h4-7H2,1-3H3,(H,14,16)(H,17,18)(H2,13,15,19). The minimum Gasteiger partial charge on any atom is -0.480 e. The summed E-state index contributed by atoms with van der Waals surface area (Å²) in [5, 5.41) is 16.5. The summed E-state index contributed by atoms with van der Waals surface area (Å²) in [6.45, 7) is 5.31. The van der Waals surface area contributed by atoms with Crippen LogP contribution < -0.4 is 16.0 Å². The number of rotatable bonds is 4. The first-order chi connectivity index (χ1) is 8.65. The van der Waals surface area contributed by atoms with Crippen LogP contribution in [0.5, 0.6) is 0 Å². The van der Waals surface area contributed by atoms with Gasteiger partial charge >= 0.3 is 12.0 Å². The van der Waals surface area contributed by atoms with E-state index < -0.39 is 17.5 Å². The SMILES string of the molecule is CC(C)(C)NC(=O)CNC(=O)NC1(C(=O)O)CCC1. The summed E-state index contributed by atoms with van der Waals surface area (Å²) in [4.78, 5) is 34.1. The summed E-state index contributed by atoms with van der Waals surface area (Å²) in [6, 6.07) is -0.633. The van der Waals surface area contributed by atoms with Crippen molar-refractivity contribution in [3.8, 4) is 0 Å². The molecule has 0 aromatic rings. The van der Waals surface area contributed by atoms with E-state index in [4.69, 9.17) is 5.11 Å². The molecule has 1 fully saturated rings. The van der Waals surface area contributed by atoms with Crippen molar-refractivity contribution in [2.75, 3.05) is 6.54 Å². The lowest BCUT2D eigenvalue weighted by Gasteiger charge is -2.38. The van der Waals surface area contributed by atoms with E-state index in [0.29, 0.717) is 12.8 Å². The Labute approximate surface area is 112 Å². The lowest BCUT2D eigenvalue weighted by atomic mass is 9.77. The van der Waals surface area contributed by atoms with Crippen molar-refractivity contribution < 1.29 is 19.5 Å². The zero-order chi connectivity index (χ0) is 14.7. The van der Waals surface area contributed by atoms with Crippen molar-refractivity contribution in [1.82, 2.24) is 16.0 Å². The van der Waals surface area contributed by atoms with E-state index in [-0.39, 0.29) is 18.0 Å². The van der Waals surface area contributed by atoms with Crippen molar-refractivity contribution in [3.63, 3.8) is 0 Å². The molecule has 1 saturated carbocycles. The van der Waals surface area contributed by atoms with E-state index in [1.54, 1.807) is 0 Å². The third kappa shape index (κ3) is 4.42. The molecule has 7 nitrogen and oxygen atoms in total. The lowest BCUT2D eigenvalue weighted by molar-refractivity contribution is -0.148. The maximum atomic E-state index is 11.6. The van der Waals surface area contributed by atoms with E-state index in [9.17, 15) is 14.4 Å². The Balaban J connectivity index is 2.36. The topological polar surface area (TPSA) is 108 Å². The van der Waals surface area contributed by atoms with Crippen LogP contribution in [0.15, 0.2) is 0 Å². The highest BCUT2D eigenvalue weighted by molar-refractivity contribution is 5.89. The van der Waals surface area contributed by atoms with Crippen LogP contribution in [-0.4, -0.2) is 40.6 Å². The molecular weight excluding hydrogens is 250 g/mol. The van der Waals surface area contributed by atoms with Crippen molar-refractivity contribution in [2.24, 2.45) is 0 Å². The van der Waals surface area contributed by atoms with Gasteiger partial charge in [0.15, 0.2) is 0 Å². The molecule has 3 amide bonds. The molecule has 0 aromatic heterocycles. The summed E-state index contributed by atoms with van der Waals surface area (Å²) in [5.74, 6) is -1.35. The quantitative estimate of drug-likeness (QED) is 0.586. The second kappa shape index (κ2) is 5.46. The van der Waals surface area contributed by atoms with E-state index in [0.717, 1.165) is 6.42 Å². The largest absolute Gasteiger partial charge is 0.480 e. The molecule has 0 aromatic carbocycles. The van der Waals surface area contributed by atoms with Gasteiger partial charge in [-0.2, -0.15) is 0 Å². The van der Waals surface area contributed by atoms with Crippen molar-refractivity contribution in [2.45, 2.75) is 51.1 Å². The van der Waals surface area contributed by atoms with Gasteiger partial charge in [-0.15, -0.1) is 0 Å². The molecular formula is C12H21N3O4. The number of urea groups is 1. The van der Waals surface area contributed by atoms with Gasteiger partial charge in [-0.3, -0.25) is 4.79 Å². The maximum Gasteiger partial charge on any atom is 0.329 e. The van der Waals surface area contributed by atoms with E-state index >= 15 is 0 Å². The molecule has 7 heteroatoms. The number of carbonyl (C=O) groups excluding carboxylic acids is 2. The summed E-state index contributed by atoms with van der Waals surface area (Å²) in [6.07, 6.45) is 1.62. The first-order valence-electron chi connectivity index (χ1n) is 6.25. The van der Waals surface area contributed by atoms with Gasteiger partial charge in [-0.05, 0) is 40.0 Å². The molecule has 108 valence electrons. The van der Waals surface area contributed by atoms with Gasteiger partial charge < -0.3 is 21.1 Å². The van der Waals surface area contributed by atoms with Crippen LogP contribution in [0, 0.1) is 0 Å². The van der Waals surface area contributed by atoms with Gasteiger partial charge in [0.25, 0.3) is 0 Å². The van der Waals surface area contributed by atoms with Gasteiger partial charge in [0.2, 0.25) is 5.91 Å². The fourth-order valence-electron chi connectivity index (χ4n) is 1.81. The molecule has 0 saturated heterocycles. The molecule has 0 spiro atoms. The molecule has 0 heterocycles. The average Bonchev–Trinajstić information content (AvgIpc) is 2.17. The Bertz CT molecular complexity index is 383. The molecule has 0 radical (unpaired) electrons. The van der Waals surface area contributed by atoms with E-state index in [1.807, 2.05) is 20.8 Å². The van der Waals surface area contributed by atoms with Gasteiger partial charge in [0.05, 0.1) is 6.54 Å². The van der Waals surface area contributed by atoms with Gasteiger partial charge in [-0.25, -0.2) is 9.59 Å². The number of hydrogen-bond donors (Lipinski definition) is 4. The lowest BCUT2D eigenvalue weighted by Crippen LogP contribution is -2.61. The number of hydrogen-bond acceptors (Lipinski definition) is 3. The fraction of sp³-hybridized carbons (Fsp3) is 0.750. The minimum atomic E-state index is -1.16. The molecule has 4 N–H and O–H groups in total. The van der Waals surface area contributed by atoms with Crippen molar-refractivity contribution in [1.29, 1.82) is 0 Å². The van der Waals surface area contributed by atoms with Crippen LogP contribution in [-0.2, 0) is 9.59 Å². The molecule has 1 aliphatic carbocycles. The zero-order valence-corrected chi connectivity index (χ0v) is 11.5. The van der Waals surface area contributed by atoms with Crippen LogP contribution >= 0.6 is 0 Å². The summed E-state index contributed by atoms with van der Waals surface area (Å²) >= 11 is 0. The average molecular weight is 271 g/mol. The third-order valence-corrected chi connectivity index (χ3v) is 2.89. The summed E-state index contributed by atoms with van der Waals surface area (Å²) in [7, 11) is 0. The second-order valence-corrected chi connectivity index (χ2v) is 5.85. The van der Waals surface area contributed by atoms with Crippen LogP contribution in [0.4, 0.5) is 4.79 Å². The summed E-state index contributed by atoms with van der Waals surface area (Å²) < 4.78 is 0. The Hall–Kier alpha value is -1.79. The number of carboxylic acid groups (broad SMARTS) is 1. The number of carboxylic acids is 1. The Morgan fingerprint density at radius 3 is 2.16 bits per heavy atom. The first-order valence-corrected chi connectivity index (χ1v) is 6.25. The number of carbonyl (C=O) groups is 3. The van der Waals surface area contributed by atoms with Gasteiger partial charge in [0, 0.05) is 5.54 Å². The monoisotopic (exact) mass is 271 g/mol. The highest BCUT2D eigenvalue weighted by Gasteiger charge is 2.45. The Kier molecular flexibility index (Phi) is 4.39. The molecule has 0 unspecified atom stereocenters. The smallest absolute Gasteiger partial charge is 0.329 e. The van der Waals surface area contributed by atoms with E-state index in [1.165, 1.54) is 0 Å². The summed E-state index contributed by atoms with van der Waals surface area (Å²) in [5.41, 5.74) is -1.53. The second-order valence-electron chi connectivity index (χ2n) is 5.85. The molecule has 1 aliphatic rings. The Morgan fingerprint density at radius 1 is 1.21 bits per heavy atom. The Morgan fingerprint density at radius 2 is 1.79 bits per heavy atom. The minimum absolute atomic E-state index is 0.182. The van der Waals surface area contributed by atoms with Gasteiger partial charge in [0.1, 0.15) is 5.54 Å². The molecule has 19 heavy (non-hydrogen) atoms. The number of nitrogens with one attached hydrogen (secondary N) is 3. The first kappa shape index (κ1) is 15.3. The highest BCUT2D eigenvalue weighted by Crippen LogP contribution is 2.31. The molecule has 1 rings (SSSR count). The van der Waals surface area contributed by atoms with Crippen LogP contribution in [0.25, 0.3) is 0 Å². The normalized spacial score (nSPS) is 17.0. The number of amides is 3.